The van der Waals surface area contributed by atoms with E-state index in [4.69, 9.17) is 0 Å². The summed E-state index contributed by atoms with van der Waals surface area (Å²) in [7, 11) is -2.01. The maximum Gasteiger partial charge on any atom is 0.271 e. The van der Waals surface area contributed by atoms with Gasteiger partial charge in [0, 0.05) is 19.9 Å². The molecule has 2 N–H and O–H groups in total. The number of carbonyl (C=O) groups is 2. The average molecular weight is 339 g/mol. The average Bonchev–Trinajstić information content (AvgIpc) is 2.51. The fourth-order valence-electron chi connectivity index (χ4n) is 2.00. The second-order valence-corrected chi connectivity index (χ2v) is 7.28. The molecule has 0 radical (unpaired) electrons. The molecule has 124 valence electrons. The van der Waals surface area contributed by atoms with Crippen LogP contribution in [0, 0.1) is 0 Å². The van der Waals surface area contributed by atoms with Crippen LogP contribution in [0.2, 0.25) is 0 Å². The van der Waals surface area contributed by atoms with Crippen LogP contribution in [0.3, 0.4) is 0 Å². The highest BCUT2D eigenvalue weighted by Crippen LogP contribution is 2.27. The zero-order chi connectivity index (χ0) is 17.2. The van der Waals surface area contributed by atoms with Crippen molar-refractivity contribution in [3.8, 4) is 5.75 Å². The maximum absolute atomic E-state index is 12.2. The van der Waals surface area contributed by atoms with Crippen molar-refractivity contribution in [1.82, 2.24) is 5.01 Å². The second kappa shape index (κ2) is 6.37. The summed E-state index contributed by atoms with van der Waals surface area (Å²) in [5.74, 6) is -1.13. The van der Waals surface area contributed by atoms with E-state index in [1.54, 1.807) is 0 Å². The fraction of sp³-hybridized carbons (Fsp3) is 0.357. The smallest absolute Gasteiger partial charge is 0.271 e. The Morgan fingerprint density at radius 1 is 1.39 bits per heavy atom. The van der Waals surface area contributed by atoms with Gasteiger partial charge in [-0.2, -0.15) is 5.10 Å². The minimum absolute atomic E-state index is 0.00554. The second-order valence-electron chi connectivity index (χ2n) is 5.00. The van der Waals surface area contributed by atoms with Gasteiger partial charge in [-0.05, 0) is 18.2 Å². The number of amides is 2. The number of phenolic OH excluding ortho intramolecular Hbond substituents is 1. The quantitative estimate of drug-likeness (QED) is 0.785. The van der Waals surface area contributed by atoms with Crippen molar-refractivity contribution < 1.29 is 23.1 Å². The molecule has 0 saturated carbocycles. The molecule has 1 aromatic carbocycles. The van der Waals surface area contributed by atoms with Crippen molar-refractivity contribution in [2.45, 2.75) is 24.7 Å². The Balaban J connectivity index is 2.26. The normalized spacial score (nSPS) is 15.3. The monoisotopic (exact) mass is 339 g/mol. The molecule has 1 aliphatic heterocycles. The summed E-state index contributed by atoms with van der Waals surface area (Å²) in [6.07, 6.45) is 0.349. The minimum Gasteiger partial charge on any atom is -0.506 e. The molecule has 0 bridgehead atoms. The lowest BCUT2D eigenvalue weighted by Crippen LogP contribution is -2.34. The van der Waals surface area contributed by atoms with E-state index in [-0.39, 0.29) is 46.5 Å². The van der Waals surface area contributed by atoms with E-state index in [0.717, 1.165) is 5.01 Å². The standard InChI is InChI=1S/C14H17N3O5S/c1-3-23(21,22)9-4-6-12(18)11(8-9)15-14(20)10-5-7-13(19)17(2)16-10/h4,6,8,18H,3,5,7H2,1-2H3,(H,15,20). The van der Waals surface area contributed by atoms with Gasteiger partial charge in [0.15, 0.2) is 9.84 Å². The highest BCUT2D eigenvalue weighted by molar-refractivity contribution is 7.91. The van der Waals surface area contributed by atoms with Gasteiger partial charge >= 0.3 is 0 Å². The van der Waals surface area contributed by atoms with Gasteiger partial charge in [-0.1, -0.05) is 6.92 Å². The molecule has 0 unspecified atom stereocenters. The molecule has 0 saturated heterocycles. The summed E-state index contributed by atoms with van der Waals surface area (Å²) < 4.78 is 23.7. The molecular weight excluding hydrogens is 322 g/mol. The van der Waals surface area contributed by atoms with Gasteiger partial charge < -0.3 is 10.4 Å². The molecule has 0 spiro atoms. The van der Waals surface area contributed by atoms with Crippen molar-refractivity contribution in [2.75, 3.05) is 18.1 Å². The number of nitrogens with one attached hydrogen (secondary N) is 1. The van der Waals surface area contributed by atoms with Crippen LogP contribution in [-0.4, -0.2) is 48.9 Å². The highest BCUT2D eigenvalue weighted by atomic mass is 32.2. The topological polar surface area (TPSA) is 116 Å². The molecule has 1 heterocycles. The summed E-state index contributed by atoms with van der Waals surface area (Å²) in [6, 6.07) is 3.68. The van der Waals surface area contributed by atoms with E-state index in [0.29, 0.717) is 0 Å². The van der Waals surface area contributed by atoms with Crippen LogP contribution in [-0.2, 0) is 19.4 Å². The molecule has 0 aromatic heterocycles. The van der Waals surface area contributed by atoms with Crippen LogP contribution >= 0.6 is 0 Å². The van der Waals surface area contributed by atoms with Gasteiger partial charge in [-0.25, -0.2) is 13.4 Å². The number of nitrogens with zero attached hydrogens (tertiary/aromatic N) is 2. The zero-order valence-corrected chi connectivity index (χ0v) is 13.6. The van der Waals surface area contributed by atoms with E-state index in [9.17, 15) is 23.1 Å². The predicted molar refractivity (Wildman–Crippen MR) is 83.9 cm³/mol. The molecule has 0 aliphatic carbocycles. The van der Waals surface area contributed by atoms with Crippen LogP contribution in [0.5, 0.6) is 5.75 Å². The molecule has 23 heavy (non-hydrogen) atoms. The lowest BCUT2D eigenvalue weighted by Gasteiger charge is -2.19. The van der Waals surface area contributed by atoms with Crippen molar-refractivity contribution in [2.24, 2.45) is 5.10 Å². The predicted octanol–water partition coefficient (Wildman–Crippen LogP) is 0.732. The first-order valence-corrected chi connectivity index (χ1v) is 8.61. The van der Waals surface area contributed by atoms with Crippen molar-refractivity contribution in [3.63, 3.8) is 0 Å². The number of aromatic hydroxyl groups is 1. The number of hydrogen-bond acceptors (Lipinski definition) is 6. The van der Waals surface area contributed by atoms with Crippen LogP contribution in [0.1, 0.15) is 19.8 Å². The highest BCUT2D eigenvalue weighted by Gasteiger charge is 2.23. The largest absolute Gasteiger partial charge is 0.506 e. The third-order valence-electron chi connectivity index (χ3n) is 3.42. The number of carbonyl (C=O) groups excluding carboxylic acids is 2. The summed E-state index contributed by atoms with van der Waals surface area (Å²) in [6.45, 7) is 1.50. The fourth-order valence-corrected chi connectivity index (χ4v) is 2.91. The van der Waals surface area contributed by atoms with Crippen molar-refractivity contribution in [3.05, 3.63) is 18.2 Å². The SMILES string of the molecule is CCS(=O)(=O)c1ccc(O)c(NC(=O)C2=NN(C)C(=O)CC2)c1. The van der Waals surface area contributed by atoms with Gasteiger partial charge in [-0.15, -0.1) is 0 Å². The minimum atomic E-state index is -3.46. The van der Waals surface area contributed by atoms with Crippen molar-refractivity contribution >= 4 is 33.1 Å². The summed E-state index contributed by atoms with van der Waals surface area (Å²) in [4.78, 5) is 23.5. The van der Waals surface area contributed by atoms with Crippen LogP contribution in [0.25, 0.3) is 0 Å². The number of anilines is 1. The van der Waals surface area contributed by atoms with Gasteiger partial charge in [0.05, 0.1) is 16.3 Å². The maximum atomic E-state index is 12.2. The Kier molecular flexibility index (Phi) is 4.69. The number of hydrogen-bond donors (Lipinski definition) is 2. The Morgan fingerprint density at radius 2 is 2.09 bits per heavy atom. The van der Waals surface area contributed by atoms with E-state index in [1.165, 1.54) is 32.2 Å². The molecule has 0 fully saturated rings. The number of rotatable bonds is 4. The lowest BCUT2D eigenvalue weighted by atomic mass is 10.1. The molecule has 0 atom stereocenters. The first-order chi connectivity index (χ1) is 10.7. The first kappa shape index (κ1) is 16.9. The van der Waals surface area contributed by atoms with E-state index in [2.05, 4.69) is 10.4 Å². The van der Waals surface area contributed by atoms with E-state index in [1.807, 2.05) is 0 Å². The third kappa shape index (κ3) is 3.67. The summed E-state index contributed by atoms with van der Waals surface area (Å²) in [5.41, 5.74) is 0.113. The van der Waals surface area contributed by atoms with Crippen LogP contribution < -0.4 is 5.32 Å². The number of hydrazone groups is 1. The van der Waals surface area contributed by atoms with Crippen molar-refractivity contribution in [1.29, 1.82) is 0 Å². The van der Waals surface area contributed by atoms with Crippen LogP contribution in [0.4, 0.5) is 5.69 Å². The molecule has 2 amide bonds. The Hall–Kier alpha value is -2.42. The molecular formula is C14H17N3O5S. The third-order valence-corrected chi connectivity index (χ3v) is 5.16. The number of sulfone groups is 1. The van der Waals surface area contributed by atoms with Gasteiger partial charge in [-0.3, -0.25) is 9.59 Å². The molecule has 2 rings (SSSR count). The summed E-state index contributed by atoms with van der Waals surface area (Å²) >= 11 is 0. The molecule has 1 aromatic rings. The molecule has 8 nitrogen and oxygen atoms in total. The zero-order valence-electron chi connectivity index (χ0n) is 12.7. The molecule has 9 heteroatoms. The number of benzene rings is 1. The molecule has 1 aliphatic rings. The Bertz CT molecular complexity index is 786. The Morgan fingerprint density at radius 3 is 2.70 bits per heavy atom. The van der Waals surface area contributed by atoms with Crippen LogP contribution in [0.15, 0.2) is 28.2 Å². The van der Waals surface area contributed by atoms with E-state index < -0.39 is 15.7 Å². The lowest BCUT2D eigenvalue weighted by molar-refractivity contribution is -0.130. The number of phenols is 1. The summed E-state index contributed by atoms with van der Waals surface area (Å²) in [5, 5.41) is 17.2. The van der Waals surface area contributed by atoms with Gasteiger partial charge in [0.25, 0.3) is 5.91 Å². The van der Waals surface area contributed by atoms with Gasteiger partial charge in [0.2, 0.25) is 5.91 Å². The van der Waals surface area contributed by atoms with E-state index >= 15 is 0 Å². The first-order valence-electron chi connectivity index (χ1n) is 6.95. The Labute approximate surface area is 133 Å². The van der Waals surface area contributed by atoms with Gasteiger partial charge in [0.1, 0.15) is 11.5 Å².